The second-order valence-corrected chi connectivity index (χ2v) is 6.42. The van der Waals surface area contributed by atoms with Gasteiger partial charge >= 0.3 is 0 Å². The van der Waals surface area contributed by atoms with Crippen LogP contribution in [0.1, 0.15) is 56.0 Å². The molecule has 0 spiro atoms. The molecule has 2 N–H and O–H groups in total. The summed E-state index contributed by atoms with van der Waals surface area (Å²) in [6.45, 7) is 6.27. The fourth-order valence-electron chi connectivity index (χ4n) is 2.55. The van der Waals surface area contributed by atoms with Crippen molar-refractivity contribution in [2.75, 3.05) is 0 Å². The molecular formula is C16H21N3O. The highest BCUT2D eigenvalue weighted by molar-refractivity contribution is 5.32. The molecule has 1 heterocycles. The van der Waals surface area contributed by atoms with Gasteiger partial charge in [-0.05, 0) is 45.6 Å². The first kappa shape index (κ1) is 13.3. The van der Waals surface area contributed by atoms with Crippen molar-refractivity contribution in [3.63, 3.8) is 0 Å². The molecule has 1 aliphatic rings. The highest BCUT2D eigenvalue weighted by Crippen LogP contribution is 2.38. The quantitative estimate of drug-likeness (QED) is 0.931. The Morgan fingerprint density at radius 2 is 1.85 bits per heavy atom. The standard InChI is InChI=1S/C16H21N3O/c1-11-5-7-12(8-6-11)15(2,3)14-18-13(19-20-14)16(17)9-4-10-16/h5-8H,4,9-10,17H2,1-3H3. The van der Waals surface area contributed by atoms with Gasteiger partial charge in [-0.3, -0.25) is 0 Å². The molecule has 0 aliphatic heterocycles. The van der Waals surface area contributed by atoms with E-state index in [1.807, 2.05) is 0 Å². The number of nitrogens with two attached hydrogens (primary N) is 1. The van der Waals surface area contributed by atoms with Crippen LogP contribution in [0.3, 0.4) is 0 Å². The molecule has 1 aromatic heterocycles. The molecule has 106 valence electrons. The molecule has 0 unspecified atom stereocenters. The van der Waals surface area contributed by atoms with Gasteiger partial charge in [-0.15, -0.1) is 0 Å². The number of benzene rings is 1. The number of nitrogens with zero attached hydrogens (tertiary/aromatic N) is 2. The van der Waals surface area contributed by atoms with Gasteiger partial charge in [-0.2, -0.15) is 4.98 Å². The largest absolute Gasteiger partial charge is 0.338 e. The molecule has 0 amide bonds. The van der Waals surface area contributed by atoms with E-state index in [-0.39, 0.29) is 11.0 Å². The second-order valence-electron chi connectivity index (χ2n) is 6.42. The second kappa shape index (κ2) is 4.42. The zero-order valence-electron chi connectivity index (χ0n) is 12.3. The summed E-state index contributed by atoms with van der Waals surface area (Å²) >= 11 is 0. The molecule has 2 aromatic rings. The molecule has 1 aromatic carbocycles. The first-order valence-electron chi connectivity index (χ1n) is 7.12. The minimum Gasteiger partial charge on any atom is -0.338 e. The molecule has 1 fully saturated rings. The van der Waals surface area contributed by atoms with E-state index in [2.05, 4.69) is 55.2 Å². The summed E-state index contributed by atoms with van der Waals surface area (Å²) in [5.74, 6) is 1.28. The van der Waals surface area contributed by atoms with Gasteiger partial charge in [0.2, 0.25) is 5.89 Å². The van der Waals surface area contributed by atoms with Crippen LogP contribution in [-0.2, 0) is 11.0 Å². The molecule has 1 aliphatic carbocycles. The van der Waals surface area contributed by atoms with E-state index in [1.165, 1.54) is 5.56 Å². The molecule has 0 radical (unpaired) electrons. The van der Waals surface area contributed by atoms with Gasteiger partial charge in [-0.1, -0.05) is 35.0 Å². The predicted octanol–water partition coefficient (Wildman–Crippen LogP) is 3.04. The van der Waals surface area contributed by atoms with Gasteiger partial charge in [0.15, 0.2) is 5.82 Å². The van der Waals surface area contributed by atoms with Gasteiger partial charge in [0, 0.05) is 0 Å². The Labute approximate surface area is 119 Å². The van der Waals surface area contributed by atoms with Crippen molar-refractivity contribution in [3.05, 3.63) is 47.1 Å². The normalized spacial score (nSPS) is 17.8. The van der Waals surface area contributed by atoms with Crippen molar-refractivity contribution >= 4 is 0 Å². The van der Waals surface area contributed by atoms with Crippen LogP contribution in [0.5, 0.6) is 0 Å². The minimum atomic E-state index is -0.370. The zero-order valence-corrected chi connectivity index (χ0v) is 12.3. The van der Waals surface area contributed by atoms with E-state index in [0.29, 0.717) is 11.7 Å². The van der Waals surface area contributed by atoms with Crippen molar-refractivity contribution in [2.45, 2.75) is 51.0 Å². The average Bonchev–Trinajstić information content (AvgIpc) is 2.87. The van der Waals surface area contributed by atoms with Crippen LogP contribution in [0.2, 0.25) is 0 Å². The number of rotatable bonds is 3. The Hall–Kier alpha value is -1.68. The van der Waals surface area contributed by atoms with E-state index in [9.17, 15) is 0 Å². The van der Waals surface area contributed by atoms with E-state index in [0.717, 1.165) is 24.8 Å². The number of aromatic nitrogens is 2. The third kappa shape index (κ3) is 2.04. The number of hydrogen-bond acceptors (Lipinski definition) is 4. The lowest BCUT2D eigenvalue weighted by Gasteiger charge is -2.34. The maximum Gasteiger partial charge on any atom is 0.236 e. The van der Waals surface area contributed by atoms with E-state index in [1.54, 1.807) is 0 Å². The van der Waals surface area contributed by atoms with Crippen molar-refractivity contribution in [1.82, 2.24) is 10.1 Å². The van der Waals surface area contributed by atoms with Gasteiger partial charge in [0.05, 0.1) is 11.0 Å². The van der Waals surface area contributed by atoms with Crippen LogP contribution in [0.25, 0.3) is 0 Å². The number of aryl methyl sites for hydroxylation is 1. The minimum absolute atomic E-state index is 0.306. The van der Waals surface area contributed by atoms with Crippen molar-refractivity contribution in [3.8, 4) is 0 Å². The fourth-order valence-corrected chi connectivity index (χ4v) is 2.55. The van der Waals surface area contributed by atoms with Crippen LogP contribution in [0.4, 0.5) is 0 Å². The van der Waals surface area contributed by atoms with Gasteiger partial charge in [0.25, 0.3) is 0 Å². The Bertz CT molecular complexity index is 609. The molecular weight excluding hydrogens is 250 g/mol. The lowest BCUT2D eigenvalue weighted by Crippen LogP contribution is -2.44. The summed E-state index contributed by atoms with van der Waals surface area (Å²) in [6.07, 6.45) is 3.02. The Balaban J connectivity index is 1.93. The maximum atomic E-state index is 6.25. The summed E-state index contributed by atoms with van der Waals surface area (Å²) in [5, 5.41) is 4.11. The van der Waals surface area contributed by atoms with Crippen molar-refractivity contribution in [2.24, 2.45) is 5.73 Å². The Morgan fingerprint density at radius 1 is 1.20 bits per heavy atom. The van der Waals surface area contributed by atoms with Gasteiger partial charge < -0.3 is 10.3 Å². The summed E-state index contributed by atoms with van der Waals surface area (Å²) in [4.78, 5) is 4.57. The van der Waals surface area contributed by atoms with Crippen LogP contribution in [0.15, 0.2) is 28.8 Å². The molecule has 4 heteroatoms. The predicted molar refractivity (Wildman–Crippen MR) is 77.3 cm³/mol. The molecule has 20 heavy (non-hydrogen) atoms. The van der Waals surface area contributed by atoms with E-state index in [4.69, 9.17) is 10.3 Å². The topological polar surface area (TPSA) is 64.9 Å². The summed E-state index contributed by atoms with van der Waals surface area (Å²) < 4.78 is 5.50. The Kier molecular flexibility index (Phi) is 2.94. The molecule has 0 atom stereocenters. The third-order valence-corrected chi connectivity index (χ3v) is 4.43. The zero-order chi connectivity index (χ0) is 14.4. The molecule has 0 bridgehead atoms. The highest BCUT2D eigenvalue weighted by atomic mass is 16.5. The molecule has 3 rings (SSSR count). The summed E-state index contributed by atoms with van der Waals surface area (Å²) in [5.41, 5.74) is 7.98. The van der Waals surface area contributed by atoms with E-state index < -0.39 is 0 Å². The molecule has 1 saturated carbocycles. The van der Waals surface area contributed by atoms with Gasteiger partial charge in [0.1, 0.15) is 0 Å². The van der Waals surface area contributed by atoms with Crippen molar-refractivity contribution in [1.29, 1.82) is 0 Å². The summed E-state index contributed by atoms with van der Waals surface area (Å²) in [7, 11) is 0. The SMILES string of the molecule is Cc1ccc(C(C)(C)c2nc(C3(N)CCC3)no2)cc1. The van der Waals surface area contributed by atoms with Crippen molar-refractivity contribution < 1.29 is 4.52 Å². The lowest BCUT2D eigenvalue weighted by atomic mass is 9.77. The Morgan fingerprint density at radius 3 is 2.40 bits per heavy atom. The monoisotopic (exact) mass is 271 g/mol. The first-order valence-corrected chi connectivity index (χ1v) is 7.12. The lowest BCUT2D eigenvalue weighted by molar-refractivity contribution is 0.228. The highest BCUT2D eigenvalue weighted by Gasteiger charge is 2.40. The molecule has 4 nitrogen and oxygen atoms in total. The van der Waals surface area contributed by atoms with Crippen LogP contribution in [0, 0.1) is 6.92 Å². The maximum absolute atomic E-state index is 6.25. The van der Waals surface area contributed by atoms with Crippen LogP contribution in [-0.4, -0.2) is 10.1 Å². The number of hydrogen-bond donors (Lipinski definition) is 1. The van der Waals surface area contributed by atoms with Crippen LogP contribution < -0.4 is 5.73 Å². The summed E-state index contributed by atoms with van der Waals surface area (Å²) in [6, 6.07) is 8.43. The third-order valence-electron chi connectivity index (χ3n) is 4.43. The molecule has 0 saturated heterocycles. The van der Waals surface area contributed by atoms with Gasteiger partial charge in [-0.25, -0.2) is 0 Å². The first-order chi connectivity index (χ1) is 9.42. The fraction of sp³-hybridized carbons (Fsp3) is 0.500. The average molecular weight is 271 g/mol. The smallest absolute Gasteiger partial charge is 0.236 e. The van der Waals surface area contributed by atoms with Crippen LogP contribution >= 0.6 is 0 Å². The van der Waals surface area contributed by atoms with E-state index >= 15 is 0 Å².